The number of imidazole rings is 1. The summed E-state index contributed by atoms with van der Waals surface area (Å²) in [6.45, 7) is 2.10. The molecule has 0 aliphatic rings. The second-order valence-corrected chi connectivity index (χ2v) is 6.19. The number of aryl methyl sites for hydroxylation is 1. The van der Waals surface area contributed by atoms with E-state index in [1.54, 1.807) is 24.5 Å². The fraction of sp³-hybridized carbons (Fsp3) is 0.100. The number of halogens is 2. The monoisotopic (exact) mass is 366 g/mol. The summed E-state index contributed by atoms with van der Waals surface area (Å²) in [5, 5.41) is 12.6. The molecule has 0 radical (unpaired) electrons. The predicted molar refractivity (Wildman–Crippen MR) is 98.5 cm³/mol. The van der Waals surface area contributed by atoms with E-state index in [-0.39, 0.29) is 12.3 Å². The smallest absolute Gasteiger partial charge is 0.180 e. The zero-order chi connectivity index (χ0) is 19.0. The Hall–Kier alpha value is -3.48. The van der Waals surface area contributed by atoms with Gasteiger partial charge in [0.15, 0.2) is 11.5 Å². The second kappa shape index (κ2) is 6.68. The van der Waals surface area contributed by atoms with Gasteiger partial charge in [0, 0.05) is 30.6 Å². The minimum atomic E-state index is -0.621. The lowest BCUT2D eigenvalue weighted by Crippen LogP contribution is -2.04. The van der Waals surface area contributed by atoms with E-state index in [0.29, 0.717) is 17.0 Å². The van der Waals surface area contributed by atoms with E-state index in [1.165, 1.54) is 12.1 Å². The maximum atomic E-state index is 13.4. The Morgan fingerprint density at radius 1 is 1.07 bits per heavy atom. The van der Waals surface area contributed by atoms with Crippen molar-refractivity contribution >= 4 is 11.5 Å². The average molecular weight is 366 g/mol. The van der Waals surface area contributed by atoms with Crippen molar-refractivity contribution in [3.8, 4) is 17.0 Å². The first-order valence-electron chi connectivity index (χ1n) is 8.33. The van der Waals surface area contributed by atoms with E-state index in [9.17, 15) is 13.9 Å². The minimum absolute atomic E-state index is 0.191. The molecule has 4 rings (SSSR count). The third kappa shape index (κ3) is 3.31. The molecule has 2 heterocycles. The van der Waals surface area contributed by atoms with Gasteiger partial charge in [-0.1, -0.05) is 0 Å². The van der Waals surface area contributed by atoms with Crippen LogP contribution in [0.3, 0.4) is 0 Å². The van der Waals surface area contributed by atoms with E-state index in [0.717, 1.165) is 23.0 Å². The Labute approximate surface area is 154 Å². The van der Waals surface area contributed by atoms with Crippen molar-refractivity contribution in [1.82, 2.24) is 14.4 Å². The Morgan fingerprint density at radius 3 is 2.48 bits per heavy atom. The molecule has 27 heavy (non-hydrogen) atoms. The van der Waals surface area contributed by atoms with Gasteiger partial charge in [-0.15, -0.1) is 0 Å². The quantitative estimate of drug-likeness (QED) is 0.565. The molecule has 0 spiro atoms. The molecule has 0 saturated heterocycles. The summed E-state index contributed by atoms with van der Waals surface area (Å²) >= 11 is 0. The van der Waals surface area contributed by atoms with Crippen LogP contribution < -0.4 is 5.32 Å². The highest BCUT2D eigenvalue weighted by Crippen LogP contribution is 2.28. The minimum Gasteiger partial charge on any atom is -0.508 e. The van der Waals surface area contributed by atoms with Crippen molar-refractivity contribution < 1.29 is 13.9 Å². The van der Waals surface area contributed by atoms with Crippen molar-refractivity contribution in [2.45, 2.75) is 13.5 Å². The number of hydrogen-bond donors (Lipinski definition) is 2. The van der Waals surface area contributed by atoms with Gasteiger partial charge in [-0.3, -0.25) is 4.40 Å². The standard InChI is InChI=1S/C20H16F2N4O/c1-12-18(14-2-4-17(27)5-3-14)26-7-6-23-19(20(26)25-12)24-11-13-8-15(21)10-16(22)9-13/h2-10,27H,11H2,1H3,(H,23,24). The topological polar surface area (TPSA) is 62.5 Å². The molecule has 0 fully saturated rings. The number of benzene rings is 2. The number of nitrogens with one attached hydrogen (secondary N) is 1. The number of aromatic nitrogens is 3. The summed E-state index contributed by atoms with van der Waals surface area (Å²) in [5.41, 5.74) is 3.66. The van der Waals surface area contributed by atoms with Crippen molar-refractivity contribution in [3.05, 3.63) is 77.8 Å². The van der Waals surface area contributed by atoms with Gasteiger partial charge >= 0.3 is 0 Å². The third-order valence-corrected chi connectivity index (χ3v) is 4.24. The van der Waals surface area contributed by atoms with Gasteiger partial charge < -0.3 is 10.4 Å². The van der Waals surface area contributed by atoms with Crippen molar-refractivity contribution in [2.24, 2.45) is 0 Å². The van der Waals surface area contributed by atoms with Crippen LogP contribution in [0.4, 0.5) is 14.6 Å². The van der Waals surface area contributed by atoms with Crippen LogP contribution in [-0.4, -0.2) is 19.5 Å². The number of hydrogen-bond acceptors (Lipinski definition) is 4. The molecule has 4 aromatic rings. The predicted octanol–water partition coefficient (Wildman–Crippen LogP) is 4.30. The van der Waals surface area contributed by atoms with Gasteiger partial charge in [-0.2, -0.15) is 0 Å². The summed E-state index contributed by atoms with van der Waals surface area (Å²) < 4.78 is 28.6. The van der Waals surface area contributed by atoms with E-state index in [1.807, 2.05) is 23.5 Å². The molecular formula is C20H16F2N4O. The Balaban J connectivity index is 1.70. The van der Waals surface area contributed by atoms with E-state index in [2.05, 4.69) is 15.3 Å². The van der Waals surface area contributed by atoms with Gasteiger partial charge in [0.25, 0.3) is 0 Å². The van der Waals surface area contributed by atoms with Crippen LogP contribution in [0.1, 0.15) is 11.3 Å². The van der Waals surface area contributed by atoms with Gasteiger partial charge in [-0.05, 0) is 48.9 Å². The molecule has 0 amide bonds. The number of nitrogens with zero attached hydrogens (tertiary/aromatic N) is 3. The Bertz CT molecular complexity index is 1100. The molecular weight excluding hydrogens is 350 g/mol. The molecule has 2 N–H and O–H groups in total. The molecule has 0 saturated carbocycles. The molecule has 136 valence electrons. The zero-order valence-corrected chi connectivity index (χ0v) is 14.4. The van der Waals surface area contributed by atoms with Gasteiger partial charge in [0.05, 0.1) is 11.4 Å². The maximum Gasteiger partial charge on any atom is 0.180 e. The Kier molecular flexibility index (Phi) is 4.19. The average Bonchev–Trinajstić information content (AvgIpc) is 2.96. The zero-order valence-electron chi connectivity index (χ0n) is 14.4. The first-order valence-corrected chi connectivity index (χ1v) is 8.33. The Morgan fingerprint density at radius 2 is 1.78 bits per heavy atom. The number of rotatable bonds is 4. The normalized spacial score (nSPS) is 11.1. The first kappa shape index (κ1) is 17.0. The number of fused-ring (bicyclic) bond motifs is 1. The molecule has 0 bridgehead atoms. The first-order chi connectivity index (χ1) is 13.0. The summed E-state index contributed by atoms with van der Waals surface area (Å²) in [6.07, 6.45) is 3.43. The number of phenols is 1. The van der Waals surface area contributed by atoms with Crippen molar-refractivity contribution in [1.29, 1.82) is 0 Å². The van der Waals surface area contributed by atoms with Crippen LogP contribution >= 0.6 is 0 Å². The molecule has 0 atom stereocenters. The summed E-state index contributed by atoms with van der Waals surface area (Å²) in [7, 11) is 0. The lowest BCUT2D eigenvalue weighted by atomic mass is 10.1. The summed E-state index contributed by atoms with van der Waals surface area (Å²) in [4.78, 5) is 8.89. The lowest BCUT2D eigenvalue weighted by Gasteiger charge is -2.08. The lowest BCUT2D eigenvalue weighted by molar-refractivity contribution is 0.475. The maximum absolute atomic E-state index is 13.4. The molecule has 2 aromatic heterocycles. The molecule has 0 unspecified atom stereocenters. The molecule has 0 aliphatic carbocycles. The van der Waals surface area contributed by atoms with Crippen LogP contribution in [0.5, 0.6) is 5.75 Å². The van der Waals surface area contributed by atoms with Crippen LogP contribution in [0, 0.1) is 18.6 Å². The van der Waals surface area contributed by atoms with E-state index in [4.69, 9.17) is 0 Å². The van der Waals surface area contributed by atoms with Crippen LogP contribution in [0.25, 0.3) is 16.9 Å². The largest absolute Gasteiger partial charge is 0.508 e. The summed E-state index contributed by atoms with van der Waals surface area (Å²) in [6, 6.07) is 10.2. The molecule has 7 heteroatoms. The molecule has 2 aromatic carbocycles. The highest BCUT2D eigenvalue weighted by Gasteiger charge is 2.14. The van der Waals surface area contributed by atoms with E-state index < -0.39 is 11.6 Å². The number of phenolic OH excluding ortho intramolecular Hbond substituents is 1. The van der Waals surface area contributed by atoms with Gasteiger partial charge in [0.1, 0.15) is 17.4 Å². The fourth-order valence-corrected chi connectivity index (χ4v) is 3.08. The third-order valence-electron chi connectivity index (χ3n) is 4.24. The van der Waals surface area contributed by atoms with E-state index >= 15 is 0 Å². The number of aromatic hydroxyl groups is 1. The molecule has 0 aliphatic heterocycles. The number of anilines is 1. The SMILES string of the molecule is Cc1nc2c(NCc3cc(F)cc(F)c3)nccn2c1-c1ccc(O)cc1. The van der Waals surface area contributed by atoms with Crippen LogP contribution in [0.2, 0.25) is 0 Å². The summed E-state index contributed by atoms with van der Waals surface area (Å²) in [5.74, 6) is -0.541. The second-order valence-electron chi connectivity index (χ2n) is 6.19. The highest BCUT2D eigenvalue weighted by molar-refractivity contribution is 5.73. The van der Waals surface area contributed by atoms with Gasteiger partial charge in [0.2, 0.25) is 0 Å². The highest BCUT2D eigenvalue weighted by atomic mass is 19.1. The molecule has 5 nitrogen and oxygen atoms in total. The van der Waals surface area contributed by atoms with Crippen molar-refractivity contribution in [3.63, 3.8) is 0 Å². The van der Waals surface area contributed by atoms with Crippen LogP contribution in [-0.2, 0) is 6.54 Å². The van der Waals surface area contributed by atoms with Gasteiger partial charge in [-0.25, -0.2) is 18.7 Å². The van der Waals surface area contributed by atoms with Crippen molar-refractivity contribution in [2.75, 3.05) is 5.32 Å². The fourth-order valence-electron chi connectivity index (χ4n) is 3.08. The van der Waals surface area contributed by atoms with Crippen LogP contribution in [0.15, 0.2) is 54.9 Å².